The maximum absolute atomic E-state index is 12.6. The zero-order valence-corrected chi connectivity index (χ0v) is 17.8. The summed E-state index contributed by atoms with van der Waals surface area (Å²) < 4.78 is 15.1. The molecule has 32 heavy (non-hydrogen) atoms. The van der Waals surface area contributed by atoms with E-state index in [2.05, 4.69) is 9.97 Å². The van der Waals surface area contributed by atoms with Crippen molar-refractivity contribution in [3.63, 3.8) is 0 Å². The number of methoxy groups -OCH3 is 3. The highest BCUT2D eigenvalue weighted by molar-refractivity contribution is 6.05. The first-order chi connectivity index (χ1) is 15.5. The number of aromatic amines is 1. The maximum Gasteiger partial charge on any atom is 0.355 e. The number of esters is 2. The lowest BCUT2D eigenvalue weighted by Gasteiger charge is -2.23. The van der Waals surface area contributed by atoms with Gasteiger partial charge in [0.1, 0.15) is 17.3 Å². The smallest absolute Gasteiger partial charge is 0.355 e. The fraction of sp³-hybridized carbons (Fsp3) is 0.125. The number of allylic oxidation sites excluding steroid dienone is 2. The van der Waals surface area contributed by atoms with E-state index < -0.39 is 11.9 Å². The Morgan fingerprint density at radius 1 is 0.969 bits per heavy atom. The van der Waals surface area contributed by atoms with E-state index in [9.17, 15) is 9.59 Å². The zero-order valence-electron chi connectivity index (χ0n) is 17.8. The predicted molar refractivity (Wildman–Crippen MR) is 120 cm³/mol. The fourth-order valence-electron chi connectivity index (χ4n) is 3.42. The van der Waals surface area contributed by atoms with E-state index in [1.165, 1.54) is 20.3 Å². The van der Waals surface area contributed by atoms with Gasteiger partial charge in [-0.05, 0) is 42.5 Å². The first-order valence-electron chi connectivity index (χ1n) is 9.75. The molecule has 0 bridgehead atoms. The molecule has 8 heteroatoms. The molecule has 0 atom stereocenters. The number of nitrogens with one attached hydrogen (secondary N) is 1. The number of carbonyl (C=O) groups excluding carboxylic acids is 2. The number of benzene rings is 2. The molecule has 2 heterocycles. The van der Waals surface area contributed by atoms with Crippen LogP contribution in [-0.4, -0.2) is 43.2 Å². The number of anilines is 1. The van der Waals surface area contributed by atoms with Gasteiger partial charge in [-0.3, -0.25) is 0 Å². The van der Waals surface area contributed by atoms with Crippen molar-refractivity contribution in [3.8, 4) is 17.1 Å². The van der Waals surface area contributed by atoms with Crippen LogP contribution in [0.2, 0.25) is 0 Å². The first-order valence-corrected chi connectivity index (χ1v) is 9.75. The van der Waals surface area contributed by atoms with Gasteiger partial charge in [0, 0.05) is 17.5 Å². The van der Waals surface area contributed by atoms with Crippen LogP contribution in [0.5, 0.6) is 5.75 Å². The third kappa shape index (κ3) is 3.85. The topological polar surface area (TPSA) is 93.8 Å². The van der Waals surface area contributed by atoms with Crippen molar-refractivity contribution in [2.75, 3.05) is 26.2 Å². The van der Waals surface area contributed by atoms with Crippen molar-refractivity contribution in [1.29, 1.82) is 0 Å². The molecule has 0 radical (unpaired) electrons. The lowest BCUT2D eigenvalue weighted by atomic mass is 10.1. The number of fused-ring (bicyclic) bond motifs is 1. The molecule has 0 fully saturated rings. The number of rotatable bonds is 5. The first kappa shape index (κ1) is 20.9. The Hall–Kier alpha value is -4.33. The summed E-state index contributed by atoms with van der Waals surface area (Å²) in [5, 5.41) is 0. The summed E-state index contributed by atoms with van der Waals surface area (Å²) in [5.41, 5.74) is 3.17. The third-order valence-electron chi connectivity index (χ3n) is 4.98. The minimum absolute atomic E-state index is 0.0521. The van der Waals surface area contributed by atoms with Crippen molar-refractivity contribution in [3.05, 3.63) is 78.2 Å². The van der Waals surface area contributed by atoms with Crippen LogP contribution in [0.4, 0.5) is 5.69 Å². The Morgan fingerprint density at radius 3 is 2.53 bits per heavy atom. The molecule has 0 amide bonds. The minimum Gasteiger partial charge on any atom is -0.497 e. The van der Waals surface area contributed by atoms with Crippen LogP contribution in [0.1, 0.15) is 0 Å². The highest BCUT2D eigenvalue weighted by Gasteiger charge is 2.27. The monoisotopic (exact) mass is 431 g/mol. The van der Waals surface area contributed by atoms with E-state index in [4.69, 9.17) is 14.2 Å². The van der Waals surface area contributed by atoms with Crippen LogP contribution in [-0.2, 0) is 19.1 Å². The quantitative estimate of drug-likeness (QED) is 0.615. The molecule has 1 N–H and O–H groups in total. The molecule has 0 spiro atoms. The van der Waals surface area contributed by atoms with Gasteiger partial charge in [0.25, 0.3) is 0 Å². The average Bonchev–Trinajstić information content (AvgIpc) is 3.14. The van der Waals surface area contributed by atoms with Gasteiger partial charge < -0.3 is 24.1 Å². The normalized spacial score (nSPS) is 13.3. The summed E-state index contributed by atoms with van der Waals surface area (Å²) in [5.74, 6) is 0.110. The van der Waals surface area contributed by atoms with Crippen molar-refractivity contribution in [2.24, 2.45) is 0 Å². The summed E-state index contributed by atoms with van der Waals surface area (Å²) in [7, 11) is 4.14. The number of imidazole rings is 1. The van der Waals surface area contributed by atoms with E-state index >= 15 is 0 Å². The van der Waals surface area contributed by atoms with Gasteiger partial charge in [0.15, 0.2) is 0 Å². The standard InChI is InChI=1S/C24H21N3O5/c1-30-17-8-6-7-15(13-17)22-25-19-11-10-16(14-20(19)26-22)27-12-5-4-9-18(23(28)31-2)21(27)24(29)32-3/h4-14H,1-3H3,(H,25,26). The fourth-order valence-corrected chi connectivity index (χ4v) is 3.42. The zero-order chi connectivity index (χ0) is 22.7. The molecule has 0 aliphatic carbocycles. The van der Waals surface area contributed by atoms with E-state index in [1.807, 2.05) is 42.5 Å². The molecule has 1 aromatic heterocycles. The molecule has 8 nitrogen and oxygen atoms in total. The Balaban J connectivity index is 1.81. The van der Waals surface area contributed by atoms with Gasteiger partial charge in [-0.25, -0.2) is 14.6 Å². The SMILES string of the molecule is COC(=O)C1=C(C(=O)OC)N(c2ccc3nc(-c4cccc(OC)c4)[nH]c3c2)C=CC=C1. The second-order valence-electron chi connectivity index (χ2n) is 6.83. The molecule has 1 aliphatic heterocycles. The number of hydrogen-bond acceptors (Lipinski definition) is 7. The van der Waals surface area contributed by atoms with Gasteiger partial charge in [0.2, 0.25) is 0 Å². The summed E-state index contributed by atoms with van der Waals surface area (Å²) in [6, 6.07) is 13.1. The Kier molecular flexibility index (Phi) is 5.76. The number of hydrogen-bond donors (Lipinski definition) is 1. The summed E-state index contributed by atoms with van der Waals surface area (Å²) in [6.07, 6.45) is 6.58. The molecule has 0 unspecified atom stereocenters. The summed E-state index contributed by atoms with van der Waals surface area (Å²) >= 11 is 0. The van der Waals surface area contributed by atoms with Crippen molar-refractivity contribution in [1.82, 2.24) is 9.97 Å². The van der Waals surface area contributed by atoms with Crippen LogP contribution < -0.4 is 9.64 Å². The summed E-state index contributed by atoms with van der Waals surface area (Å²) in [4.78, 5) is 34.5. The molecule has 2 aromatic carbocycles. The van der Waals surface area contributed by atoms with Gasteiger partial charge >= 0.3 is 11.9 Å². The van der Waals surface area contributed by atoms with E-state index in [0.717, 1.165) is 22.3 Å². The van der Waals surface area contributed by atoms with Crippen molar-refractivity contribution >= 4 is 28.7 Å². The lowest BCUT2D eigenvalue weighted by molar-refractivity contribution is -0.139. The van der Waals surface area contributed by atoms with Gasteiger partial charge in [-0.1, -0.05) is 18.2 Å². The van der Waals surface area contributed by atoms with Gasteiger partial charge in [-0.15, -0.1) is 0 Å². The molecular weight excluding hydrogens is 410 g/mol. The van der Waals surface area contributed by atoms with Crippen molar-refractivity contribution < 1.29 is 23.8 Å². The highest BCUT2D eigenvalue weighted by atomic mass is 16.5. The Labute approximate surface area is 184 Å². The van der Waals surface area contributed by atoms with Crippen LogP contribution >= 0.6 is 0 Å². The molecule has 4 rings (SSSR count). The molecule has 0 saturated carbocycles. The minimum atomic E-state index is -0.664. The number of aromatic nitrogens is 2. The maximum atomic E-state index is 12.6. The molecule has 0 saturated heterocycles. The second kappa shape index (κ2) is 8.81. The third-order valence-corrected chi connectivity index (χ3v) is 4.98. The number of ether oxygens (including phenoxy) is 3. The van der Waals surface area contributed by atoms with Crippen LogP contribution in [0.3, 0.4) is 0 Å². The van der Waals surface area contributed by atoms with Crippen LogP contribution in [0, 0.1) is 0 Å². The Morgan fingerprint density at radius 2 is 1.78 bits per heavy atom. The number of nitrogens with zero attached hydrogens (tertiary/aromatic N) is 2. The van der Waals surface area contributed by atoms with Gasteiger partial charge in [-0.2, -0.15) is 0 Å². The Bertz CT molecular complexity index is 1290. The molecule has 1 aliphatic rings. The van der Waals surface area contributed by atoms with Crippen molar-refractivity contribution in [2.45, 2.75) is 0 Å². The highest BCUT2D eigenvalue weighted by Crippen LogP contribution is 2.30. The van der Waals surface area contributed by atoms with Crippen LogP contribution in [0.15, 0.2) is 78.2 Å². The molecule has 3 aromatic rings. The number of carbonyl (C=O) groups is 2. The largest absolute Gasteiger partial charge is 0.497 e. The second-order valence-corrected chi connectivity index (χ2v) is 6.83. The molecular formula is C24H21N3O5. The van der Waals surface area contributed by atoms with Gasteiger partial charge in [0.05, 0.1) is 37.9 Å². The lowest BCUT2D eigenvalue weighted by Crippen LogP contribution is -2.26. The summed E-state index contributed by atoms with van der Waals surface area (Å²) in [6.45, 7) is 0. The van der Waals surface area contributed by atoms with E-state index in [1.54, 1.807) is 30.4 Å². The van der Waals surface area contributed by atoms with Crippen LogP contribution in [0.25, 0.3) is 22.4 Å². The van der Waals surface area contributed by atoms with E-state index in [0.29, 0.717) is 11.5 Å². The number of H-pyrrole nitrogens is 1. The predicted octanol–water partition coefficient (Wildman–Crippen LogP) is 3.73. The average molecular weight is 431 g/mol. The van der Waals surface area contributed by atoms with E-state index in [-0.39, 0.29) is 11.3 Å². The molecule has 162 valence electrons.